The lowest BCUT2D eigenvalue weighted by atomic mass is 10.2. The molecule has 148 valence electrons. The number of thiazole rings is 1. The SMILES string of the molecule is CC(C)N=c1scc(-c2cc3ccccc3o2)n1N=Cc1ccc(N(C)C)cc1. The lowest BCUT2D eigenvalue weighted by Crippen LogP contribution is -2.14. The molecule has 0 saturated carbocycles. The topological polar surface area (TPSA) is 46.0 Å². The molecule has 29 heavy (non-hydrogen) atoms. The molecule has 6 heteroatoms. The van der Waals surface area contributed by atoms with Crippen LogP contribution in [-0.4, -0.2) is 31.0 Å². The number of benzene rings is 2. The van der Waals surface area contributed by atoms with E-state index in [1.807, 2.05) is 54.6 Å². The molecule has 0 bridgehead atoms. The molecule has 0 spiro atoms. The molecule has 0 aliphatic carbocycles. The average molecular weight is 405 g/mol. The Morgan fingerprint density at radius 1 is 1.07 bits per heavy atom. The summed E-state index contributed by atoms with van der Waals surface area (Å²) in [6, 6.07) is 18.5. The molecule has 0 amide bonds. The fourth-order valence-electron chi connectivity index (χ4n) is 2.98. The van der Waals surface area contributed by atoms with Crippen LogP contribution in [0.25, 0.3) is 22.4 Å². The quantitative estimate of drug-likeness (QED) is 0.428. The largest absolute Gasteiger partial charge is 0.454 e. The van der Waals surface area contributed by atoms with Gasteiger partial charge in [-0.1, -0.05) is 30.3 Å². The van der Waals surface area contributed by atoms with Crippen molar-refractivity contribution in [1.29, 1.82) is 0 Å². The highest BCUT2D eigenvalue weighted by Crippen LogP contribution is 2.28. The molecule has 0 aliphatic heterocycles. The molecule has 0 atom stereocenters. The summed E-state index contributed by atoms with van der Waals surface area (Å²) in [6.07, 6.45) is 1.86. The summed E-state index contributed by atoms with van der Waals surface area (Å²) < 4.78 is 7.94. The summed E-state index contributed by atoms with van der Waals surface area (Å²) in [4.78, 5) is 7.65. The minimum Gasteiger partial charge on any atom is -0.454 e. The number of para-hydroxylation sites is 1. The molecule has 4 rings (SSSR count). The normalized spacial score (nSPS) is 12.5. The summed E-state index contributed by atoms with van der Waals surface area (Å²) in [5.41, 5.74) is 3.95. The molecular formula is C23H24N4OS. The van der Waals surface area contributed by atoms with E-state index in [0.717, 1.165) is 38.5 Å². The summed E-state index contributed by atoms with van der Waals surface area (Å²) in [5.74, 6) is 0.785. The van der Waals surface area contributed by atoms with Crippen LogP contribution in [0.3, 0.4) is 0 Å². The minimum atomic E-state index is 0.179. The zero-order valence-electron chi connectivity index (χ0n) is 17.0. The lowest BCUT2D eigenvalue weighted by molar-refractivity contribution is 0.620. The number of fused-ring (bicyclic) bond motifs is 1. The van der Waals surface area contributed by atoms with Crippen molar-refractivity contribution in [1.82, 2.24) is 4.68 Å². The van der Waals surface area contributed by atoms with Crippen molar-refractivity contribution in [3.8, 4) is 11.5 Å². The summed E-state index contributed by atoms with van der Waals surface area (Å²) >= 11 is 1.57. The number of furan rings is 1. The zero-order chi connectivity index (χ0) is 20.4. The standard InChI is InChI=1S/C23H24N4OS/c1-16(2)25-23-27(24-14-17-9-11-19(12-10-17)26(3)4)20(15-29-23)22-13-18-7-5-6-8-21(18)28-22/h5-16H,1-4H3. The number of anilines is 1. The van der Waals surface area contributed by atoms with Crippen LogP contribution >= 0.6 is 11.3 Å². The average Bonchev–Trinajstić information content (AvgIpc) is 3.29. The van der Waals surface area contributed by atoms with Gasteiger partial charge < -0.3 is 9.32 Å². The van der Waals surface area contributed by atoms with Gasteiger partial charge in [-0.15, -0.1) is 11.3 Å². The van der Waals surface area contributed by atoms with Crippen LogP contribution in [0.2, 0.25) is 0 Å². The molecule has 0 radical (unpaired) electrons. The molecule has 4 aromatic rings. The van der Waals surface area contributed by atoms with Gasteiger partial charge in [-0.2, -0.15) is 5.10 Å². The van der Waals surface area contributed by atoms with Crippen LogP contribution in [0.4, 0.5) is 5.69 Å². The van der Waals surface area contributed by atoms with Crippen molar-refractivity contribution in [2.75, 3.05) is 19.0 Å². The van der Waals surface area contributed by atoms with Crippen molar-refractivity contribution in [3.63, 3.8) is 0 Å². The molecular weight excluding hydrogens is 380 g/mol. The molecule has 0 N–H and O–H groups in total. The van der Waals surface area contributed by atoms with Crippen molar-refractivity contribution >= 4 is 34.2 Å². The molecule has 0 aliphatic rings. The smallest absolute Gasteiger partial charge is 0.206 e. The first-order valence-corrected chi connectivity index (χ1v) is 10.4. The maximum atomic E-state index is 6.07. The van der Waals surface area contributed by atoms with E-state index in [9.17, 15) is 0 Å². The Bertz CT molecular complexity index is 1180. The monoisotopic (exact) mass is 404 g/mol. The van der Waals surface area contributed by atoms with E-state index in [4.69, 9.17) is 14.5 Å². The molecule has 2 aromatic carbocycles. The first kappa shape index (κ1) is 19.2. The van der Waals surface area contributed by atoms with E-state index in [0.29, 0.717) is 0 Å². The van der Waals surface area contributed by atoms with E-state index >= 15 is 0 Å². The lowest BCUT2D eigenvalue weighted by Gasteiger charge is -2.11. The Labute approximate surface area is 174 Å². The van der Waals surface area contributed by atoms with Crippen LogP contribution in [0.5, 0.6) is 0 Å². The van der Waals surface area contributed by atoms with Gasteiger partial charge in [0.15, 0.2) is 5.76 Å². The molecule has 0 saturated heterocycles. The Morgan fingerprint density at radius 3 is 2.52 bits per heavy atom. The van der Waals surface area contributed by atoms with Crippen LogP contribution in [0.1, 0.15) is 19.4 Å². The number of nitrogens with zero attached hydrogens (tertiary/aromatic N) is 4. The summed E-state index contributed by atoms with van der Waals surface area (Å²) in [6.45, 7) is 4.13. The number of hydrogen-bond donors (Lipinski definition) is 0. The Balaban J connectivity index is 1.77. The Kier molecular flexibility index (Phi) is 5.36. The molecule has 5 nitrogen and oxygen atoms in total. The Hall–Kier alpha value is -3.12. The van der Waals surface area contributed by atoms with Gasteiger partial charge in [-0.05, 0) is 43.7 Å². The minimum absolute atomic E-state index is 0.179. The second-order valence-electron chi connectivity index (χ2n) is 7.32. The summed E-state index contributed by atoms with van der Waals surface area (Å²) in [7, 11) is 4.06. The van der Waals surface area contributed by atoms with E-state index in [-0.39, 0.29) is 6.04 Å². The first-order valence-electron chi connectivity index (χ1n) is 9.56. The van der Waals surface area contributed by atoms with Gasteiger partial charge >= 0.3 is 0 Å². The second kappa shape index (κ2) is 8.09. The maximum absolute atomic E-state index is 6.07. The number of rotatable bonds is 5. The molecule has 2 heterocycles. The van der Waals surface area contributed by atoms with Gasteiger partial charge in [-0.25, -0.2) is 4.68 Å². The number of hydrogen-bond acceptors (Lipinski definition) is 5. The second-order valence-corrected chi connectivity index (χ2v) is 8.15. The van der Waals surface area contributed by atoms with E-state index in [1.165, 1.54) is 0 Å². The maximum Gasteiger partial charge on any atom is 0.206 e. The van der Waals surface area contributed by atoms with Gasteiger partial charge in [0.05, 0.1) is 6.21 Å². The third-order valence-electron chi connectivity index (χ3n) is 4.46. The van der Waals surface area contributed by atoms with E-state index in [1.54, 1.807) is 11.3 Å². The highest BCUT2D eigenvalue weighted by atomic mass is 32.1. The molecule has 2 aromatic heterocycles. The van der Waals surface area contributed by atoms with Gasteiger partial charge in [0.25, 0.3) is 0 Å². The van der Waals surface area contributed by atoms with Crippen LogP contribution in [0, 0.1) is 0 Å². The van der Waals surface area contributed by atoms with Crippen molar-refractivity contribution in [3.05, 3.63) is 70.3 Å². The fraction of sp³-hybridized carbons (Fsp3) is 0.217. The van der Waals surface area contributed by atoms with Crippen molar-refractivity contribution < 1.29 is 4.42 Å². The number of aromatic nitrogens is 1. The van der Waals surface area contributed by atoms with Gasteiger partial charge in [0.2, 0.25) is 4.80 Å². The predicted molar refractivity (Wildman–Crippen MR) is 122 cm³/mol. The highest BCUT2D eigenvalue weighted by Gasteiger charge is 2.13. The van der Waals surface area contributed by atoms with Gasteiger partial charge in [0, 0.05) is 36.6 Å². The fourth-order valence-corrected chi connectivity index (χ4v) is 3.93. The Morgan fingerprint density at radius 2 is 1.83 bits per heavy atom. The van der Waals surface area contributed by atoms with Gasteiger partial charge in [-0.3, -0.25) is 4.99 Å². The van der Waals surface area contributed by atoms with Crippen LogP contribution in [-0.2, 0) is 0 Å². The van der Waals surface area contributed by atoms with E-state index < -0.39 is 0 Å². The van der Waals surface area contributed by atoms with Crippen molar-refractivity contribution in [2.24, 2.45) is 10.1 Å². The molecule has 0 fully saturated rings. The first-order chi connectivity index (χ1) is 14.0. The van der Waals surface area contributed by atoms with Crippen LogP contribution in [0.15, 0.2) is 74.5 Å². The van der Waals surface area contributed by atoms with Crippen molar-refractivity contribution in [2.45, 2.75) is 19.9 Å². The zero-order valence-corrected chi connectivity index (χ0v) is 17.9. The van der Waals surface area contributed by atoms with E-state index in [2.05, 4.69) is 49.1 Å². The summed E-state index contributed by atoms with van der Waals surface area (Å²) in [5, 5.41) is 7.87. The third kappa shape index (κ3) is 4.17. The van der Waals surface area contributed by atoms with Gasteiger partial charge in [0.1, 0.15) is 11.3 Å². The third-order valence-corrected chi connectivity index (χ3v) is 5.29. The van der Waals surface area contributed by atoms with Crippen LogP contribution < -0.4 is 9.70 Å². The predicted octanol–water partition coefficient (Wildman–Crippen LogP) is 5.22. The highest BCUT2D eigenvalue weighted by molar-refractivity contribution is 7.07. The molecule has 0 unspecified atom stereocenters.